The van der Waals surface area contributed by atoms with Crippen LogP contribution in [0.15, 0.2) is 30.3 Å². The molecule has 1 aromatic carbocycles. The van der Waals surface area contributed by atoms with E-state index in [-0.39, 0.29) is 26.6 Å². The Bertz CT molecular complexity index is 626. The number of hydrogen-bond acceptors (Lipinski definition) is 2. The van der Waals surface area contributed by atoms with Gasteiger partial charge in [-0.05, 0) is 24.3 Å². The van der Waals surface area contributed by atoms with Crippen LogP contribution in [0.2, 0.25) is 15.2 Å². The van der Waals surface area contributed by atoms with Gasteiger partial charge in [0.2, 0.25) is 0 Å². The molecule has 98 valence electrons. The van der Waals surface area contributed by atoms with Gasteiger partial charge in [0.15, 0.2) is 5.82 Å². The van der Waals surface area contributed by atoms with Crippen LogP contribution < -0.4 is 5.32 Å². The molecule has 0 spiro atoms. The molecule has 19 heavy (non-hydrogen) atoms. The first-order valence-corrected chi connectivity index (χ1v) is 6.19. The molecule has 3 nitrogen and oxygen atoms in total. The second-order valence-corrected chi connectivity index (χ2v) is 4.76. The van der Waals surface area contributed by atoms with Crippen molar-refractivity contribution in [2.24, 2.45) is 0 Å². The number of pyridine rings is 1. The molecule has 1 N–H and O–H groups in total. The Morgan fingerprint density at radius 2 is 1.79 bits per heavy atom. The quantitative estimate of drug-likeness (QED) is 0.657. The fourth-order valence-corrected chi connectivity index (χ4v) is 2.01. The van der Waals surface area contributed by atoms with E-state index in [9.17, 15) is 9.18 Å². The zero-order valence-corrected chi connectivity index (χ0v) is 11.5. The predicted octanol–water partition coefficient (Wildman–Crippen LogP) is 4.43. The third kappa shape index (κ3) is 3.35. The predicted molar refractivity (Wildman–Crippen MR) is 73.6 cm³/mol. The van der Waals surface area contributed by atoms with E-state index in [0.29, 0.717) is 0 Å². The highest BCUT2D eigenvalue weighted by molar-refractivity contribution is 6.35. The van der Waals surface area contributed by atoms with Crippen LogP contribution in [-0.2, 0) is 0 Å². The molecule has 0 unspecified atom stereocenters. The number of nitrogens with one attached hydrogen (secondary N) is 1. The van der Waals surface area contributed by atoms with Gasteiger partial charge >= 0.3 is 0 Å². The number of aromatic nitrogens is 1. The maximum Gasteiger partial charge on any atom is 0.274 e. The molecule has 0 aliphatic heterocycles. The number of rotatable bonds is 2. The first-order chi connectivity index (χ1) is 8.97. The van der Waals surface area contributed by atoms with Crippen molar-refractivity contribution < 1.29 is 9.18 Å². The molecular formula is C12H6Cl3FN2O. The Morgan fingerprint density at radius 1 is 1.16 bits per heavy atom. The fraction of sp³-hybridized carbons (Fsp3) is 0. The van der Waals surface area contributed by atoms with E-state index >= 15 is 0 Å². The molecule has 1 amide bonds. The highest BCUT2D eigenvalue weighted by Crippen LogP contribution is 2.27. The monoisotopic (exact) mass is 318 g/mol. The SMILES string of the molecule is O=C(Nc1cc(Cl)c(F)c(Cl)c1)c1cccc(Cl)n1. The van der Waals surface area contributed by atoms with Crippen LogP contribution in [0, 0.1) is 5.82 Å². The summed E-state index contributed by atoms with van der Waals surface area (Å²) in [5.74, 6) is -1.23. The normalized spacial score (nSPS) is 10.3. The van der Waals surface area contributed by atoms with Gasteiger partial charge in [0, 0.05) is 5.69 Å². The summed E-state index contributed by atoms with van der Waals surface area (Å²) in [7, 11) is 0. The van der Waals surface area contributed by atoms with Crippen LogP contribution in [0.25, 0.3) is 0 Å². The lowest BCUT2D eigenvalue weighted by Gasteiger charge is -2.07. The lowest BCUT2D eigenvalue weighted by atomic mass is 10.3. The maximum absolute atomic E-state index is 13.2. The molecule has 0 saturated heterocycles. The Labute approximate surface area is 123 Å². The fourth-order valence-electron chi connectivity index (χ4n) is 1.36. The van der Waals surface area contributed by atoms with Gasteiger partial charge in [-0.3, -0.25) is 4.79 Å². The Balaban J connectivity index is 2.24. The smallest absolute Gasteiger partial charge is 0.274 e. The summed E-state index contributed by atoms with van der Waals surface area (Å²) in [5, 5.41) is 2.34. The molecule has 0 bridgehead atoms. The Kier molecular flexibility index (Phi) is 4.24. The molecule has 0 atom stereocenters. The second-order valence-electron chi connectivity index (χ2n) is 3.55. The number of hydrogen-bond donors (Lipinski definition) is 1. The van der Waals surface area contributed by atoms with Crippen LogP contribution in [0.1, 0.15) is 10.5 Å². The molecule has 0 aliphatic rings. The van der Waals surface area contributed by atoms with Gasteiger partial charge in [-0.25, -0.2) is 9.37 Å². The van der Waals surface area contributed by atoms with Crippen molar-refractivity contribution in [2.75, 3.05) is 5.32 Å². The van der Waals surface area contributed by atoms with E-state index < -0.39 is 11.7 Å². The minimum absolute atomic E-state index is 0.129. The van der Waals surface area contributed by atoms with Crippen LogP contribution >= 0.6 is 34.8 Å². The highest BCUT2D eigenvalue weighted by Gasteiger charge is 2.12. The van der Waals surface area contributed by atoms with Gasteiger partial charge < -0.3 is 5.32 Å². The highest BCUT2D eigenvalue weighted by atomic mass is 35.5. The van der Waals surface area contributed by atoms with Crippen LogP contribution in [0.5, 0.6) is 0 Å². The summed E-state index contributed by atoms with van der Waals surface area (Å²) >= 11 is 16.9. The average Bonchev–Trinajstić information content (AvgIpc) is 2.36. The van der Waals surface area contributed by atoms with Gasteiger partial charge in [-0.1, -0.05) is 40.9 Å². The van der Waals surface area contributed by atoms with Crippen molar-refractivity contribution >= 4 is 46.4 Å². The van der Waals surface area contributed by atoms with Crippen LogP contribution in [0.3, 0.4) is 0 Å². The lowest BCUT2D eigenvalue weighted by molar-refractivity contribution is 0.102. The standard InChI is InChI=1S/C12H6Cl3FN2O/c13-7-4-6(5-8(14)11(7)16)17-12(19)9-2-1-3-10(15)18-9/h1-5H,(H,17,19). The molecule has 0 radical (unpaired) electrons. The van der Waals surface area contributed by atoms with Crippen molar-refractivity contribution in [3.63, 3.8) is 0 Å². The summed E-state index contributed by atoms with van der Waals surface area (Å²) in [6.45, 7) is 0. The molecule has 0 saturated carbocycles. The van der Waals surface area contributed by atoms with Crippen molar-refractivity contribution in [3.8, 4) is 0 Å². The van der Waals surface area contributed by atoms with Crippen molar-refractivity contribution in [1.29, 1.82) is 0 Å². The number of anilines is 1. The third-order valence-electron chi connectivity index (χ3n) is 2.19. The zero-order chi connectivity index (χ0) is 14.0. The average molecular weight is 320 g/mol. The van der Waals surface area contributed by atoms with E-state index in [1.54, 1.807) is 12.1 Å². The van der Waals surface area contributed by atoms with E-state index in [1.807, 2.05) is 0 Å². The van der Waals surface area contributed by atoms with Gasteiger partial charge in [0.25, 0.3) is 5.91 Å². The number of benzene rings is 1. The molecule has 2 aromatic rings. The van der Waals surface area contributed by atoms with Crippen molar-refractivity contribution in [1.82, 2.24) is 4.98 Å². The number of amides is 1. The van der Waals surface area contributed by atoms with E-state index in [1.165, 1.54) is 18.2 Å². The summed E-state index contributed by atoms with van der Waals surface area (Å²) < 4.78 is 13.2. The van der Waals surface area contributed by atoms with Crippen molar-refractivity contribution in [2.45, 2.75) is 0 Å². The number of nitrogens with zero attached hydrogens (tertiary/aromatic N) is 1. The van der Waals surface area contributed by atoms with E-state index in [4.69, 9.17) is 34.8 Å². The van der Waals surface area contributed by atoms with E-state index in [2.05, 4.69) is 10.3 Å². The molecule has 2 rings (SSSR count). The van der Waals surface area contributed by atoms with Gasteiger partial charge in [0.05, 0.1) is 10.0 Å². The first-order valence-electron chi connectivity index (χ1n) is 5.06. The summed E-state index contributed by atoms with van der Waals surface area (Å²) in [6, 6.07) is 7.14. The molecule has 1 aromatic heterocycles. The minimum atomic E-state index is -0.734. The molecule has 0 fully saturated rings. The lowest BCUT2D eigenvalue weighted by Crippen LogP contribution is -2.13. The Morgan fingerprint density at radius 3 is 2.37 bits per heavy atom. The largest absolute Gasteiger partial charge is 0.321 e. The van der Waals surface area contributed by atoms with Crippen molar-refractivity contribution in [3.05, 3.63) is 57.0 Å². The second kappa shape index (κ2) is 5.74. The number of halogens is 4. The number of carbonyl (C=O) groups is 1. The molecular weight excluding hydrogens is 314 g/mol. The van der Waals surface area contributed by atoms with Gasteiger partial charge in [0.1, 0.15) is 10.8 Å². The summed E-state index contributed by atoms with van der Waals surface area (Å²) in [4.78, 5) is 15.7. The first kappa shape index (κ1) is 14.1. The zero-order valence-electron chi connectivity index (χ0n) is 9.25. The van der Waals surface area contributed by atoms with Crippen LogP contribution in [-0.4, -0.2) is 10.9 Å². The Hall–Kier alpha value is -1.36. The minimum Gasteiger partial charge on any atom is -0.321 e. The third-order valence-corrected chi connectivity index (χ3v) is 2.95. The summed E-state index contributed by atoms with van der Waals surface area (Å²) in [6.07, 6.45) is 0. The molecule has 1 heterocycles. The van der Waals surface area contributed by atoms with E-state index in [0.717, 1.165) is 0 Å². The van der Waals surface area contributed by atoms with Gasteiger partial charge in [-0.2, -0.15) is 0 Å². The van der Waals surface area contributed by atoms with Crippen LogP contribution in [0.4, 0.5) is 10.1 Å². The van der Waals surface area contributed by atoms with Gasteiger partial charge in [-0.15, -0.1) is 0 Å². The topological polar surface area (TPSA) is 42.0 Å². The molecule has 7 heteroatoms. The summed E-state index contributed by atoms with van der Waals surface area (Å²) in [5.41, 5.74) is 0.396. The molecule has 0 aliphatic carbocycles. The number of carbonyl (C=O) groups excluding carboxylic acids is 1. The maximum atomic E-state index is 13.2.